The Balaban J connectivity index is 1.46. The van der Waals surface area contributed by atoms with Gasteiger partial charge in [0.25, 0.3) is 10.0 Å². The molecular weight excluding hydrogens is 440 g/mol. The van der Waals surface area contributed by atoms with Crippen LogP contribution in [0.3, 0.4) is 0 Å². The van der Waals surface area contributed by atoms with E-state index in [2.05, 4.69) is 35.4 Å². The van der Waals surface area contributed by atoms with Gasteiger partial charge >= 0.3 is 0 Å². The Kier molecular flexibility index (Phi) is 5.97. The standard InChI is InChI=1S/C22H24N8O2S/c1-14-9-10-23-19(11-14)27-21-12-20(24-13-25-21)26-17-5-7-18(8-6-17)29-33(31,32)22-15(2)28-30(4)16(22)3/h5-13,29H,1-4H3,(H2,23,24,25,26,27). The van der Waals surface area contributed by atoms with Crippen molar-refractivity contribution in [2.24, 2.45) is 7.05 Å². The normalized spacial score (nSPS) is 11.3. The van der Waals surface area contributed by atoms with Crippen molar-refractivity contribution in [3.8, 4) is 0 Å². The lowest BCUT2D eigenvalue weighted by Gasteiger charge is -2.11. The third-order valence-corrected chi connectivity index (χ3v) is 6.59. The van der Waals surface area contributed by atoms with E-state index in [1.165, 1.54) is 6.33 Å². The zero-order chi connectivity index (χ0) is 23.6. The number of pyridine rings is 1. The van der Waals surface area contributed by atoms with Crippen molar-refractivity contribution in [1.29, 1.82) is 0 Å². The molecule has 3 heterocycles. The molecule has 0 unspecified atom stereocenters. The van der Waals surface area contributed by atoms with Crippen molar-refractivity contribution >= 4 is 38.9 Å². The summed E-state index contributed by atoms with van der Waals surface area (Å²) in [6, 6.07) is 12.5. The quantitative estimate of drug-likeness (QED) is 0.377. The van der Waals surface area contributed by atoms with Crippen LogP contribution in [0.2, 0.25) is 0 Å². The molecule has 0 aliphatic rings. The Morgan fingerprint density at radius 2 is 1.45 bits per heavy atom. The molecule has 0 bridgehead atoms. The first-order valence-electron chi connectivity index (χ1n) is 10.1. The summed E-state index contributed by atoms with van der Waals surface area (Å²) in [5.41, 5.74) is 3.30. The molecule has 1 aromatic carbocycles. The van der Waals surface area contributed by atoms with E-state index in [-0.39, 0.29) is 4.90 Å². The SMILES string of the molecule is Cc1ccnc(Nc2cc(Nc3ccc(NS(=O)(=O)c4c(C)nn(C)c4C)cc3)ncn2)c1. The molecule has 0 aliphatic carbocycles. The first-order chi connectivity index (χ1) is 15.7. The highest BCUT2D eigenvalue weighted by Gasteiger charge is 2.23. The van der Waals surface area contributed by atoms with Crippen LogP contribution in [0.5, 0.6) is 0 Å². The average molecular weight is 465 g/mol. The smallest absolute Gasteiger partial charge is 0.265 e. The average Bonchev–Trinajstić information content (AvgIpc) is 3.01. The number of nitrogens with zero attached hydrogens (tertiary/aromatic N) is 5. The van der Waals surface area contributed by atoms with Gasteiger partial charge in [-0.05, 0) is 62.7 Å². The van der Waals surface area contributed by atoms with Gasteiger partial charge < -0.3 is 10.6 Å². The van der Waals surface area contributed by atoms with E-state index in [4.69, 9.17) is 0 Å². The lowest BCUT2D eigenvalue weighted by atomic mass is 10.3. The highest BCUT2D eigenvalue weighted by Crippen LogP contribution is 2.24. The summed E-state index contributed by atoms with van der Waals surface area (Å²) in [5.74, 6) is 1.86. The lowest BCUT2D eigenvalue weighted by molar-refractivity contribution is 0.599. The van der Waals surface area contributed by atoms with Gasteiger partial charge in [-0.25, -0.2) is 23.4 Å². The van der Waals surface area contributed by atoms with Crippen molar-refractivity contribution in [2.45, 2.75) is 25.7 Å². The van der Waals surface area contributed by atoms with Gasteiger partial charge in [0.15, 0.2) is 0 Å². The van der Waals surface area contributed by atoms with Gasteiger partial charge in [-0.3, -0.25) is 9.40 Å². The lowest BCUT2D eigenvalue weighted by Crippen LogP contribution is -2.14. The third-order valence-electron chi connectivity index (χ3n) is 4.96. The zero-order valence-corrected chi connectivity index (χ0v) is 19.5. The van der Waals surface area contributed by atoms with Crippen LogP contribution >= 0.6 is 0 Å². The van der Waals surface area contributed by atoms with Gasteiger partial charge in [0.2, 0.25) is 0 Å². The molecule has 0 saturated heterocycles. The second kappa shape index (κ2) is 8.87. The van der Waals surface area contributed by atoms with E-state index in [0.717, 1.165) is 11.3 Å². The number of aromatic nitrogens is 5. The maximum Gasteiger partial charge on any atom is 0.265 e. The molecule has 0 saturated carbocycles. The molecule has 33 heavy (non-hydrogen) atoms. The zero-order valence-electron chi connectivity index (χ0n) is 18.7. The number of anilines is 5. The predicted octanol–water partition coefficient (Wildman–Crippen LogP) is 3.82. The van der Waals surface area contributed by atoms with E-state index < -0.39 is 10.0 Å². The molecule has 0 amide bonds. The summed E-state index contributed by atoms with van der Waals surface area (Å²) in [6.07, 6.45) is 3.17. The van der Waals surface area contributed by atoms with Crippen LogP contribution in [0.25, 0.3) is 0 Å². The van der Waals surface area contributed by atoms with E-state index in [0.29, 0.717) is 34.5 Å². The molecule has 3 aromatic heterocycles. The van der Waals surface area contributed by atoms with Crippen LogP contribution in [0.15, 0.2) is 59.9 Å². The Hall–Kier alpha value is -3.99. The van der Waals surface area contributed by atoms with Crippen molar-refractivity contribution in [1.82, 2.24) is 24.7 Å². The fourth-order valence-corrected chi connectivity index (χ4v) is 4.85. The second-order valence-electron chi connectivity index (χ2n) is 7.56. The van der Waals surface area contributed by atoms with Gasteiger partial charge in [-0.1, -0.05) is 0 Å². The summed E-state index contributed by atoms with van der Waals surface area (Å²) in [4.78, 5) is 12.9. The second-order valence-corrected chi connectivity index (χ2v) is 9.18. The van der Waals surface area contributed by atoms with Crippen LogP contribution < -0.4 is 15.4 Å². The number of aryl methyl sites for hydroxylation is 3. The first-order valence-corrected chi connectivity index (χ1v) is 11.6. The minimum atomic E-state index is -3.75. The maximum absolute atomic E-state index is 12.8. The van der Waals surface area contributed by atoms with Crippen LogP contribution in [0, 0.1) is 20.8 Å². The summed E-state index contributed by atoms with van der Waals surface area (Å²) in [6.45, 7) is 5.39. The highest BCUT2D eigenvalue weighted by atomic mass is 32.2. The number of benzene rings is 1. The fourth-order valence-electron chi connectivity index (χ4n) is 3.35. The van der Waals surface area contributed by atoms with Crippen LogP contribution in [-0.4, -0.2) is 33.2 Å². The van der Waals surface area contributed by atoms with Gasteiger partial charge in [0.05, 0.1) is 11.4 Å². The molecule has 11 heteroatoms. The van der Waals surface area contributed by atoms with Gasteiger partial charge in [0.1, 0.15) is 28.7 Å². The van der Waals surface area contributed by atoms with Gasteiger partial charge in [0, 0.05) is 30.7 Å². The summed E-state index contributed by atoms with van der Waals surface area (Å²) >= 11 is 0. The summed E-state index contributed by atoms with van der Waals surface area (Å²) in [5, 5.41) is 10.5. The Morgan fingerprint density at radius 3 is 2.09 bits per heavy atom. The fraction of sp³-hybridized carbons (Fsp3) is 0.182. The first kappa shape index (κ1) is 22.2. The monoisotopic (exact) mass is 464 g/mol. The van der Waals surface area contributed by atoms with Crippen molar-refractivity contribution in [3.63, 3.8) is 0 Å². The molecule has 0 radical (unpaired) electrons. The Labute approximate surface area is 192 Å². The Bertz CT molecular complexity index is 1400. The topological polar surface area (TPSA) is 127 Å². The minimum absolute atomic E-state index is 0.191. The number of sulfonamides is 1. The number of hydrogen-bond donors (Lipinski definition) is 3. The molecule has 0 spiro atoms. The molecular formula is C22H24N8O2S. The summed E-state index contributed by atoms with van der Waals surface area (Å²) < 4.78 is 29.8. The number of rotatable bonds is 7. The highest BCUT2D eigenvalue weighted by molar-refractivity contribution is 7.92. The molecule has 4 aromatic rings. The number of hydrogen-bond acceptors (Lipinski definition) is 8. The Morgan fingerprint density at radius 1 is 0.818 bits per heavy atom. The van der Waals surface area contributed by atoms with Crippen LogP contribution in [0.1, 0.15) is 17.0 Å². The van der Waals surface area contributed by atoms with Crippen molar-refractivity contribution in [2.75, 3.05) is 15.4 Å². The molecule has 0 fully saturated rings. The molecule has 0 atom stereocenters. The van der Waals surface area contributed by atoms with Crippen molar-refractivity contribution < 1.29 is 8.42 Å². The van der Waals surface area contributed by atoms with Gasteiger partial charge in [-0.2, -0.15) is 5.10 Å². The van der Waals surface area contributed by atoms with Crippen LogP contribution in [-0.2, 0) is 17.1 Å². The summed E-state index contributed by atoms with van der Waals surface area (Å²) in [7, 11) is -2.04. The minimum Gasteiger partial charge on any atom is -0.340 e. The molecule has 0 aliphatic heterocycles. The van der Waals surface area contributed by atoms with Crippen LogP contribution in [0.4, 0.5) is 28.8 Å². The third kappa shape index (κ3) is 5.09. The van der Waals surface area contributed by atoms with Crippen molar-refractivity contribution in [3.05, 3.63) is 71.9 Å². The number of nitrogens with one attached hydrogen (secondary N) is 3. The van der Waals surface area contributed by atoms with E-state index in [1.807, 2.05) is 19.1 Å². The molecule has 3 N–H and O–H groups in total. The molecule has 170 valence electrons. The van der Waals surface area contributed by atoms with E-state index in [1.54, 1.807) is 62.1 Å². The predicted molar refractivity (Wildman–Crippen MR) is 128 cm³/mol. The molecule has 10 nitrogen and oxygen atoms in total. The maximum atomic E-state index is 12.8. The largest absolute Gasteiger partial charge is 0.340 e. The van der Waals surface area contributed by atoms with E-state index in [9.17, 15) is 8.42 Å². The van der Waals surface area contributed by atoms with Gasteiger partial charge in [-0.15, -0.1) is 0 Å². The van der Waals surface area contributed by atoms with E-state index >= 15 is 0 Å². The molecule has 4 rings (SSSR count).